The molecule has 2 aromatic heterocycles. The fourth-order valence-electron chi connectivity index (χ4n) is 2.93. The Labute approximate surface area is 129 Å². The van der Waals surface area contributed by atoms with Crippen molar-refractivity contribution in [1.29, 1.82) is 0 Å². The van der Waals surface area contributed by atoms with Crippen molar-refractivity contribution in [3.05, 3.63) is 34.0 Å². The van der Waals surface area contributed by atoms with Gasteiger partial charge in [0.25, 0.3) is 0 Å². The molecular formula is C17H23NS2. The molecule has 1 unspecified atom stereocenters. The highest BCUT2D eigenvalue weighted by atomic mass is 32.1. The zero-order valence-electron chi connectivity index (χ0n) is 12.2. The maximum Gasteiger partial charge on any atom is 0.0631 e. The van der Waals surface area contributed by atoms with E-state index in [1.807, 2.05) is 22.7 Å². The van der Waals surface area contributed by atoms with E-state index in [-0.39, 0.29) is 0 Å². The topological polar surface area (TPSA) is 12.0 Å². The van der Waals surface area contributed by atoms with Crippen molar-refractivity contribution < 1.29 is 0 Å². The Morgan fingerprint density at radius 2 is 2.20 bits per heavy atom. The molecule has 1 aliphatic rings. The summed E-state index contributed by atoms with van der Waals surface area (Å²) in [4.78, 5) is 1.51. The van der Waals surface area contributed by atoms with Crippen molar-refractivity contribution in [1.82, 2.24) is 5.32 Å². The second kappa shape index (κ2) is 6.88. The lowest BCUT2D eigenvalue weighted by Crippen LogP contribution is -2.23. The van der Waals surface area contributed by atoms with Gasteiger partial charge in [-0.1, -0.05) is 25.0 Å². The summed E-state index contributed by atoms with van der Waals surface area (Å²) in [5.41, 5.74) is 1.63. The SMILES string of the molecule is CCCNC(C1=CCCCCC1)c1cc2sccc2s1. The third kappa shape index (κ3) is 3.16. The molecule has 0 bridgehead atoms. The Hall–Kier alpha value is -0.640. The molecule has 3 rings (SSSR count). The first kappa shape index (κ1) is 14.3. The van der Waals surface area contributed by atoms with Crippen LogP contribution in [0, 0.1) is 0 Å². The van der Waals surface area contributed by atoms with Crippen molar-refractivity contribution in [3.8, 4) is 0 Å². The summed E-state index contributed by atoms with van der Waals surface area (Å²) in [5.74, 6) is 0. The average molecular weight is 306 g/mol. The molecular weight excluding hydrogens is 282 g/mol. The molecule has 0 amide bonds. The second-order valence-electron chi connectivity index (χ2n) is 5.56. The van der Waals surface area contributed by atoms with Gasteiger partial charge >= 0.3 is 0 Å². The molecule has 1 atom stereocenters. The summed E-state index contributed by atoms with van der Waals surface area (Å²) in [5, 5.41) is 5.98. The highest BCUT2D eigenvalue weighted by Gasteiger charge is 2.19. The minimum absolute atomic E-state index is 0.456. The van der Waals surface area contributed by atoms with E-state index in [9.17, 15) is 0 Å². The molecule has 2 heterocycles. The third-order valence-corrected chi connectivity index (χ3v) is 6.15. The Balaban J connectivity index is 1.88. The largest absolute Gasteiger partial charge is 0.306 e. The molecule has 3 heteroatoms. The van der Waals surface area contributed by atoms with Crippen LogP contribution in [0.2, 0.25) is 0 Å². The van der Waals surface area contributed by atoms with Gasteiger partial charge in [0.2, 0.25) is 0 Å². The Kier molecular flexibility index (Phi) is 4.92. The van der Waals surface area contributed by atoms with Gasteiger partial charge in [-0.2, -0.15) is 0 Å². The molecule has 1 nitrogen and oxygen atoms in total. The summed E-state index contributed by atoms with van der Waals surface area (Å²) in [6, 6.07) is 5.12. The number of fused-ring (bicyclic) bond motifs is 1. The van der Waals surface area contributed by atoms with Crippen LogP contribution in [0.1, 0.15) is 56.4 Å². The van der Waals surface area contributed by atoms with E-state index in [1.54, 1.807) is 5.57 Å². The highest BCUT2D eigenvalue weighted by Crippen LogP contribution is 2.38. The molecule has 0 aliphatic heterocycles. The molecule has 0 aromatic carbocycles. The van der Waals surface area contributed by atoms with Crippen molar-refractivity contribution in [2.24, 2.45) is 0 Å². The van der Waals surface area contributed by atoms with Gasteiger partial charge in [-0.15, -0.1) is 22.7 Å². The van der Waals surface area contributed by atoms with E-state index in [1.165, 1.54) is 52.8 Å². The van der Waals surface area contributed by atoms with Gasteiger partial charge in [-0.25, -0.2) is 0 Å². The van der Waals surface area contributed by atoms with Crippen molar-refractivity contribution in [2.45, 2.75) is 51.5 Å². The fourth-order valence-corrected chi connectivity index (χ4v) is 5.17. The van der Waals surface area contributed by atoms with Gasteiger partial charge < -0.3 is 5.32 Å². The summed E-state index contributed by atoms with van der Waals surface area (Å²) in [6.07, 6.45) is 10.4. The third-order valence-electron chi connectivity index (χ3n) is 3.99. The maximum atomic E-state index is 3.78. The van der Waals surface area contributed by atoms with Gasteiger partial charge in [0, 0.05) is 14.3 Å². The Bertz CT molecular complexity index is 550. The van der Waals surface area contributed by atoms with E-state index in [0.29, 0.717) is 6.04 Å². The van der Waals surface area contributed by atoms with Crippen LogP contribution in [0.3, 0.4) is 0 Å². The Morgan fingerprint density at radius 1 is 1.25 bits per heavy atom. The first-order chi connectivity index (χ1) is 9.88. The van der Waals surface area contributed by atoms with Crippen LogP contribution in [-0.4, -0.2) is 6.54 Å². The molecule has 1 aliphatic carbocycles. The fraction of sp³-hybridized carbons (Fsp3) is 0.529. The first-order valence-electron chi connectivity index (χ1n) is 7.77. The predicted molar refractivity (Wildman–Crippen MR) is 91.9 cm³/mol. The number of hydrogen-bond acceptors (Lipinski definition) is 3. The molecule has 108 valence electrons. The first-order valence-corrected chi connectivity index (χ1v) is 9.47. The lowest BCUT2D eigenvalue weighted by molar-refractivity contribution is 0.574. The van der Waals surface area contributed by atoms with Crippen molar-refractivity contribution in [3.63, 3.8) is 0 Å². The molecule has 2 aromatic rings. The molecule has 0 saturated carbocycles. The number of allylic oxidation sites excluding steroid dienone is 1. The lowest BCUT2D eigenvalue weighted by atomic mass is 10.0. The monoisotopic (exact) mass is 305 g/mol. The van der Waals surface area contributed by atoms with E-state index in [0.717, 1.165) is 6.54 Å². The van der Waals surface area contributed by atoms with E-state index in [4.69, 9.17) is 0 Å². The van der Waals surface area contributed by atoms with Crippen LogP contribution in [0.5, 0.6) is 0 Å². The molecule has 0 fully saturated rings. The zero-order chi connectivity index (χ0) is 13.8. The molecule has 0 spiro atoms. The number of nitrogens with one attached hydrogen (secondary N) is 1. The molecule has 1 N–H and O–H groups in total. The minimum atomic E-state index is 0.456. The summed E-state index contributed by atoms with van der Waals surface area (Å²) < 4.78 is 2.89. The maximum absolute atomic E-state index is 3.78. The van der Waals surface area contributed by atoms with Crippen molar-refractivity contribution >= 4 is 32.1 Å². The van der Waals surface area contributed by atoms with E-state index >= 15 is 0 Å². The number of hydrogen-bond donors (Lipinski definition) is 1. The van der Waals surface area contributed by atoms with Crippen LogP contribution >= 0.6 is 22.7 Å². The standard InChI is InChI=1S/C17H23NS2/c1-2-10-18-17(13-7-5-3-4-6-8-13)16-12-15-14(20-16)9-11-19-15/h7,9,11-12,17-18H,2-6,8,10H2,1H3. The van der Waals surface area contributed by atoms with Gasteiger partial charge in [0.1, 0.15) is 0 Å². The lowest BCUT2D eigenvalue weighted by Gasteiger charge is -2.20. The number of rotatable bonds is 5. The normalized spacial score (nSPS) is 17.9. The van der Waals surface area contributed by atoms with E-state index < -0.39 is 0 Å². The molecule has 0 radical (unpaired) electrons. The van der Waals surface area contributed by atoms with Crippen molar-refractivity contribution in [2.75, 3.05) is 6.54 Å². The zero-order valence-corrected chi connectivity index (χ0v) is 13.8. The summed E-state index contributed by atoms with van der Waals surface area (Å²) >= 11 is 3.83. The second-order valence-corrected chi connectivity index (χ2v) is 7.63. The van der Waals surface area contributed by atoms with E-state index in [2.05, 4.69) is 35.8 Å². The van der Waals surface area contributed by atoms with Gasteiger partial charge in [-0.3, -0.25) is 0 Å². The molecule has 20 heavy (non-hydrogen) atoms. The van der Waals surface area contributed by atoms with Crippen LogP contribution in [0.15, 0.2) is 29.2 Å². The Morgan fingerprint density at radius 3 is 3.05 bits per heavy atom. The van der Waals surface area contributed by atoms with Gasteiger partial charge in [-0.05, 0) is 56.2 Å². The van der Waals surface area contributed by atoms with Crippen LogP contribution in [0.4, 0.5) is 0 Å². The smallest absolute Gasteiger partial charge is 0.0631 e. The van der Waals surface area contributed by atoms with Crippen LogP contribution in [-0.2, 0) is 0 Å². The van der Waals surface area contributed by atoms with Gasteiger partial charge in [0.05, 0.1) is 6.04 Å². The van der Waals surface area contributed by atoms with Crippen LogP contribution < -0.4 is 5.32 Å². The average Bonchev–Trinajstić information content (AvgIpc) is 2.93. The predicted octanol–water partition coefficient (Wildman–Crippen LogP) is 5.89. The quantitative estimate of drug-likeness (QED) is 0.679. The molecule has 0 saturated heterocycles. The number of thiophene rings is 2. The van der Waals surface area contributed by atoms with Crippen LogP contribution in [0.25, 0.3) is 9.40 Å². The summed E-state index contributed by atoms with van der Waals surface area (Å²) in [6.45, 7) is 3.35. The van der Waals surface area contributed by atoms with Gasteiger partial charge in [0.15, 0.2) is 0 Å². The summed E-state index contributed by atoms with van der Waals surface area (Å²) in [7, 11) is 0. The minimum Gasteiger partial charge on any atom is -0.306 e. The highest BCUT2D eigenvalue weighted by molar-refractivity contribution is 7.27.